The van der Waals surface area contributed by atoms with E-state index < -0.39 is 0 Å². The maximum Gasteiger partial charge on any atom is 0.156 e. The van der Waals surface area contributed by atoms with Gasteiger partial charge in [0, 0.05) is 5.39 Å². The number of benzene rings is 1. The molecular weight excluding hydrogens is 234 g/mol. The van der Waals surface area contributed by atoms with E-state index in [0.717, 1.165) is 23.7 Å². The number of hydrogen-bond donors (Lipinski definition) is 1. The van der Waals surface area contributed by atoms with Crippen LogP contribution in [-0.4, -0.2) is 11.0 Å². The van der Waals surface area contributed by atoms with Crippen LogP contribution in [0.15, 0.2) is 30.3 Å². The molecular formula is C16H15N3. The van der Waals surface area contributed by atoms with Gasteiger partial charge in [-0.25, -0.2) is 4.98 Å². The Balaban J connectivity index is 2.45. The van der Waals surface area contributed by atoms with Gasteiger partial charge < -0.3 is 5.73 Å². The van der Waals surface area contributed by atoms with Crippen LogP contribution in [0.25, 0.3) is 10.9 Å². The van der Waals surface area contributed by atoms with E-state index in [2.05, 4.69) is 29.8 Å². The number of nitriles is 1. The maximum absolute atomic E-state index is 9.13. The zero-order chi connectivity index (χ0) is 13.7. The van der Waals surface area contributed by atoms with Gasteiger partial charge in [-0.3, -0.25) is 0 Å². The van der Waals surface area contributed by atoms with Gasteiger partial charge >= 0.3 is 0 Å². The van der Waals surface area contributed by atoms with Gasteiger partial charge in [0.2, 0.25) is 0 Å². The van der Waals surface area contributed by atoms with Crippen molar-refractivity contribution >= 4 is 10.9 Å². The molecule has 0 radical (unpaired) electrons. The first kappa shape index (κ1) is 13.1. The number of aromatic nitrogens is 1. The minimum absolute atomic E-state index is 0.150. The maximum atomic E-state index is 9.13. The second-order valence-electron chi connectivity index (χ2n) is 4.35. The summed E-state index contributed by atoms with van der Waals surface area (Å²) in [4.78, 5) is 4.31. The normalized spacial score (nSPS) is 11.4. The molecule has 1 aromatic heterocycles. The van der Waals surface area contributed by atoms with E-state index >= 15 is 0 Å². The number of nitrogens with zero attached hydrogens (tertiary/aromatic N) is 2. The van der Waals surface area contributed by atoms with Crippen molar-refractivity contribution in [2.24, 2.45) is 5.73 Å². The van der Waals surface area contributed by atoms with Crippen molar-refractivity contribution in [3.05, 3.63) is 41.6 Å². The number of para-hydroxylation sites is 1. The molecule has 0 amide bonds. The lowest BCUT2D eigenvalue weighted by atomic mass is 10.1. The molecule has 1 unspecified atom stereocenters. The van der Waals surface area contributed by atoms with Crippen LogP contribution in [-0.2, 0) is 0 Å². The van der Waals surface area contributed by atoms with Crippen LogP contribution < -0.4 is 5.73 Å². The highest BCUT2D eigenvalue weighted by Crippen LogP contribution is 2.15. The van der Waals surface area contributed by atoms with Crippen molar-refractivity contribution in [2.45, 2.75) is 25.8 Å². The molecule has 94 valence electrons. The van der Waals surface area contributed by atoms with E-state index in [9.17, 15) is 0 Å². The van der Waals surface area contributed by atoms with Crippen LogP contribution in [0.5, 0.6) is 0 Å². The molecule has 0 aliphatic heterocycles. The summed E-state index contributed by atoms with van der Waals surface area (Å²) in [6.07, 6.45) is 1.85. The monoisotopic (exact) mass is 249 g/mol. The van der Waals surface area contributed by atoms with Gasteiger partial charge in [-0.2, -0.15) is 5.26 Å². The molecule has 1 heterocycles. The highest BCUT2D eigenvalue weighted by molar-refractivity contribution is 5.81. The predicted octanol–water partition coefficient (Wildman–Crippen LogP) is 2.59. The van der Waals surface area contributed by atoms with Gasteiger partial charge in [0.05, 0.1) is 17.1 Å². The number of pyridine rings is 1. The van der Waals surface area contributed by atoms with Gasteiger partial charge in [-0.1, -0.05) is 43.4 Å². The molecule has 1 aromatic carbocycles. The number of nitrogens with two attached hydrogens (primary N) is 1. The molecule has 2 N–H and O–H groups in total. The third-order valence-electron chi connectivity index (χ3n) is 2.82. The SMILES string of the molecule is CCCC(N)C#Cc1cc2ccccc2nc1C#N. The molecule has 2 rings (SSSR count). The Morgan fingerprint density at radius 2 is 2.16 bits per heavy atom. The summed E-state index contributed by atoms with van der Waals surface area (Å²) in [5.74, 6) is 5.96. The van der Waals surface area contributed by atoms with E-state index in [0.29, 0.717) is 11.3 Å². The zero-order valence-electron chi connectivity index (χ0n) is 10.9. The average molecular weight is 249 g/mol. The molecule has 3 nitrogen and oxygen atoms in total. The Morgan fingerprint density at radius 3 is 2.89 bits per heavy atom. The smallest absolute Gasteiger partial charge is 0.156 e. The Morgan fingerprint density at radius 1 is 1.37 bits per heavy atom. The average Bonchev–Trinajstić information content (AvgIpc) is 2.44. The van der Waals surface area contributed by atoms with Crippen LogP contribution in [0, 0.1) is 23.2 Å². The summed E-state index contributed by atoms with van der Waals surface area (Å²) in [6.45, 7) is 2.07. The molecule has 0 bridgehead atoms. The van der Waals surface area contributed by atoms with Crippen molar-refractivity contribution in [1.29, 1.82) is 5.26 Å². The Bertz CT molecular complexity index is 686. The standard InChI is InChI=1S/C16H15N3/c1-2-5-14(18)9-8-13-10-12-6-3-4-7-15(12)19-16(13)11-17/h3-4,6-7,10,14H,2,5,18H2,1H3. The summed E-state index contributed by atoms with van der Waals surface area (Å²) >= 11 is 0. The first-order chi connectivity index (χ1) is 9.24. The first-order valence-electron chi connectivity index (χ1n) is 6.31. The number of fused-ring (bicyclic) bond motifs is 1. The molecule has 0 saturated carbocycles. The van der Waals surface area contributed by atoms with Crippen molar-refractivity contribution in [3.63, 3.8) is 0 Å². The second-order valence-corrected chi connectivity index (χ2v) is 4.35. The lowest BCUT2D eigenvalue weighted by Crippen LogP contribution is -2.16. The number of rotatable bonds is 2. The summed E-state index contributed by atoms with van der Waals surface area (Å²) in [5.41, 5.74) is 7.67. The Hall–Kier alpha value is -2.36. The topological polar surface area (TPSA) is 62.7 Å². The van der Waals surface area contributed by atoms with Crippen LogP contribution in [0.3, 0.4) is 0 Å². The van der Waals surface area contributed by atoms with Crippen LogP contribution >= 0.6 is 0 Å². The molecule has 0 fully saturated rings. The fraction of sp³-hybridized carbons (Fsp3) is 0.250. The van der Waals surface area contributed by atoms with Gasteiger partial charge in [0.25, 0.3) is 0 Å². The fourth-order valence-electron chi connectivity index (χ4n) is 1.85. The van der Waals surface area contributed by atoms with E-state index in [4.69, 9.17) is 11.0 Å². The van der Waals surface area contributed by atoms with Crippen molar-refractivity contribution in [3.8, 4) is 17.9 Å². The van der Waals surface area contributed by atoms with Gasteiger partial charge in [0.1, 0.15) is 6.07 Å². The zero-order valence-corrected chi connectivity index (χ0v) is 10.9. The third kappa shape index (κ3) is 3.10. The summed E-state index contributed by atoms with van der Waals surface area (Å²) in [7, 11) is 0. The van der Waals surface area contributed by atoms with Gasteiger partial charge in [0.15, 0.2) is 5.69 Å². The summed E-state index contributed by atoms with van der Waals surface area (Å²) in [6, 6.07) is 11.5. The first-order valence-corrected chi connectivity index (χ1v) is 6.31. The number of hydrogen-bond acceptors (Lipinski definition) is 3. The predicted molar refractivity (Wildman–Crippen MR) is 76.2 cm³/mol. The van der Waals surface area contributed by atoms with E-state index in [1.165, 1.54) is 0 Å². The van der Waals surface area contributed by atoms with E-state index in [-0.39, 0.29) is 6.04 Å². The third-order valence-corrected chi connectivity index (χ3v) is 2.82. The molecule has 2 aromatic rings. The minimum atomic E-state index is -0.150. The molecule has 19 heavy (non-hydrogen) atoms. The minimum Gasteiger partial charge on any atom is -0.318 e. The molecule has 3 heteroatoms. The quantitative estimate of drug-likeness (QED) is 0.832. The Kier molecular flexibility index (Phi) is 4.13. The van der Waals surface area contributed by atoms with Crippen molar-refractivity contribution < 1.29 is 0 Å². The molecule has 0 aliphatic carbocycles. The largest absolute Gasteiger partial charge is 0.318 e. The van der Waals surface area contributed by atoms with Crippen LogP contribution in [0.1, 0.15) is 31.0 Å². The van der Waals surface area contributed by atoms with Crippen molar-refractivity contribution in [2.75, 3.05) is 0 Å². The Labute approximate surface area is 113 Å². The summed E-state index contributed by atoms with van der Waals surface area (Å²) < 4.78 is 0. The summed E-state index contributed by atoms with van der Waals surface area (Å²) in [5, 5.41) is 10.1. The molecule has 0 spiro atoms. The van der Waals surface area contributed by atoms with E-state index in [1.807, 2.05) is 30.3 Å². The molecule has 1 atom stereocenters. The fourth-order valence-corrected chi connectivity index (χ4v) is 1.85. The van der Waals surface area contributed by atoms with Gasteiger partial charge in [-0.05, 0) is 18.6 Å². The van der Waals surface area contributed by atoms with Crippen molar-refractivity contribution in [1.82, 2.24) is 4.98 Å². The van der Waals surface area contributed by atoms with E-state index in [1.54, 1.807) is 0 Å². The second kappa shape index (κ2) is 6.00. The molecule has 0 aliphatic rings. The van der Waals surface area contributed by atoms with Crippen LogP contribution in [0.2, 0.25) is 0 Å². The van der Waals surface area contributed by atoms with Gasteiger partial charge in [-0.15, -0.1) is 0 Å². The highest BCUT2D eigenvalue weighted by atomic mass is 14.7. The molecule has 0 saturated heterocycles. The van der Waals surface area contributed by atoms with Crippen LogP contribution in [0.4, 0.5) is 0 Å². The lowest BCUT2D eigenvalue weighted by Gasteiger charge is -2.01. The lowest BCUT2D eigenvalue weighted by molar-refractivity contribution is 0.720. The highest BCUT2D eigenvalue weighted by Gasteiger charge is 2.04.